The number of para-hydroxylation sites is 1. The van der Waals surface area contributed by atoms with Crippen LogP contribution in [-0.4, -0.2) is 42.2 Å². The van der Waals surface area contributed by atoms with E-state index < -0.39 is 0 Å². The number of amides is 1. The minimum Gasteiger partial charge on any atom is -0.505 e. The molecule has 0 heterocycles. The quantitative estimate of drug-likeness (QED) is 0.599. The van der Waals surface area contributed by atoms with Gasteiger partial charge in [-0.25, -0.2) is 4.99 Å². The highest BCUT2D eigenvalue weighted by Gasteiger charge is 2.26. The Labute approximate surface area is 201 Å². The number of aromatic hydroxyl groups is 1. The molecule has 2 atom stereocenters. The monoisotopic (exact) mass is 459 g/mol. The molecule has 0 aliphatic heterocycles. The van der Waals surface area contributed by atoms with Gasteiger partial charge in [-0.3, -0.25) is 9.79 Å². The third-order valence-electron chi connectivity index (χ3n) is 6.65. The molecular weight excluding hydrogens is 426 g/mol. The predicted octanol–water partition coefficient (Wildman–Crippen LogP) is 4.25. The van der Waals surface area contributed by atoms with E-state index in [1.807, 2.05) is 25.1 Å². The van der Waals surface area contributed by atoms with Crippen molar-refractivity contribution in [2.45, 2.75) is 58.3 Å². The summed E-state index contributed by atoms with van der Waals surface area (Å²) in [6, 6.07) is 15.4. The molecule has 0 saturated heterocycles. The zero-order chi connectivity index (χ0) is 24.2. The average molecular weight is 460 g/mol. The first-order chi connectivity index (χ1) is 16.4. The molecule has 4 rings (SSSR count). The third-order valence-corrected chi connectivity index (χ3v) is 6.65. The van der Waals surface area contributed by atoms with E-state index in [2.05, 4.69) is 19.1 Å². The number of benzene rings is 2. The summed E-state index contributed by atoms with van der Waals surface area (Å²) < 4.78 is 6.31. The molecule has 0 spiro atoms. The lowest BCUT2D eigenvalue weighted by molar-refractivity contribution is 0.00373. The highest BCUT2D eigenvalue weighted by atomic mass is 16.5. The molecule has 1 amide bonds. The Morgan fingerprint density at radius 1 is 1.00 bits per heavy atom. The highest BCUT2D eigenvalue weighted by molar-refractivity contribution is 5.98. The molecule has 0 unspecified atom stereocenters. The fourth-order valence-corrected chi connectivity index (χ4v) is 4.46. The van der Waals surface area contributed by atoms with Gasteiger partial charge in [0.2, 0.25) is 0 Å². The first-order valence-corrected chi connectivity index (χ1v) is 11.9. The molecule has 6 nitrogen and oxygen atoms in total. The first-order valence-electron chi connectivity index (χ1n) is 11.9. The van der Waals surface area contributed by atoms with Gasteiger partial charge in [0.25, 0.3) is 5.91 Å². The van der Waals surface area contributed by atoms with E-state index in [4.69, 9.17) is 14.7 Å². The van der Waals surface area contributed by atoms with E-state index in [1.165, 1.54) is 10.5 Å². The Morgan fingerprint density at radius 2 is 1.71 bits per heavy atom. The lowest BCUT2D eigenvalue weighted by Crippen LogP contribution is -2.42. The lowest BCUT2D eigenvalue weighted by atomic mass is 9.92. The Bertz CT molecular complexity index is 1250. The third kappa shape index (κ3) is 4.97. The fraction of sp³-hybridized carbons (Fsp3) is 0.393. The Kier molecular flexibility index (Phi) is 7.27. The Hall–Kier alpha value is -3.25. The van der Waals surface area contributed by atoms with Crippen molar-refractivity contribution < 1.29 is 14.6 Å². The molecule has 1 N–H and O–H groups in total. The normalized spacial score (nSPS) is 19.5. The molecule has 1 aliphatic carbocycles. The Morgan fingerprint density at radius 3 is 2.44 bits per heavy atom. The smallest absolute Gasteiger partial charge is 0.257 e. The zero-order valence-electron chi connectivity index (χ0n) is 20.4. The second-order valence-electron chi connectivity index (χ2n) is 9.25. The van der Waals surface area contributed by atoms with E-state index in [1.54, 1.807) is 32.3 Å². The van der Waals surface area contributed by atoms with Crippen LogP contribution in [0.15, 0.2) is 58.5 Å². The molecule has 0 bridgehead atoms. The van der Waals surface area contributed by atoms with E-state index in [-0.39, 0.29) is 29.4 Å². The van der Waals surface area contributed by atoms with Crippen LogP contribution in [0.5, 0.6) is 5.75 Å². The molecule has 6 heteroatoms. The van der Waals surface area contributed by atoms with Crippen LogP contribution < -0.4 is 10.7 Å². The highest BCUT2D eigenvalue weighted by Crippen LogP contribution is 2.30. The van der Waals surface area contributed by atoms with Gasteiger partial charge in [0.05, 0.1) is 35.0 Å². The number of carbonyl (C=O) groups is 1. The van der Waals surface area contributed by atoms with Crippen molar-refractivity contribution in [3.8, 4) is 5.75 Å². The van der Waals surface area contributed by atoms with E-state index in [9.17, 15) is 9.90 Å². The summed E-state index contributed by atoms with van der Waals surface area (Å²) in [5, 5.41) is 12.4. The molecule has 1 fully saturated rings. The fourth-order valence-electron chi connectivity index (χ4n) is 4.46. The lowest BCUT2D eigenvalue weighted by Gasteiger charge is -2.29. The van der Waals surface area contributed by atoms with Crippen molar-refractivity contribution in [1.82, 2.24) is 4.90 Å². The number of phenolic OH excluding ortho intramolecular Hbond substituents is 1. The van der Waals surface area contributed by atoms with E-state index in [0.717, 1.165) is 47.5 Å². The first kappa shape index (κ1) is 23.9. The van der Waals surface area contributed by atoms with Crippen LogP contribution in [-0.2, 0) is 11.3 Å². The van der Waals surface area contributed by atoms with Crippen molar-refractivity contribution in [3.05, 3.63) is 81.5 Å². The van der Waals surface area contributed by atoms with Gasteiger partial charge >= 0.3 is 0 Å². The van der Waals surface area contributed by atoms with Gasteiger partial charge in [0.15, 0.2) is 5.75 Å². The van der Waals surface area contributed by atoms with Gasteiger partial charge in [-0.15, -0.1) is 0 Å². The average Bonchev–Trinajstić information content (AvgIpc) is 2.86. The van der Waals surface area contributed by atoms with Crippen LogP contribution in [0.3, 0.4) is 0 Å². The van der Waals surface area contributed by atoms with E-state index >= 15 is 0 Å². The molecule has 3 aromatic carbocycles. The molecule has 0 radical (unpaired) electrons. The minimum atomic E-state index is -0.258. The molecule has 34 heavy (non-hydrogen) atoms. The SMILES string of the molecule is Cc1c(C)c(=N[C@H]2CCCC[C@@H]2OCc2ccccc2)c1=Nc1cccc(C(=O)N(C)C)c1O. The summed E-state index contributed by atoms with van der Waals surface area (Å²) in [4.78, 5) is 23.7. The van der Waals surface area contributed by atoms with Crippen LogP contribution in [0.1, 0.15) is 52.7 Å². The van der Waals surface area contributed by atoms with Gasteiger partial charge < -0.3 is 14.7 Å². The van der Waals surface area contributed by atoms with Crippen molar-refractivity contribution in [2.24, 2.45) is 9.98 Å². The van der Waals surface area contributed by atoms with Gasteiger partial charge in [0, 0.05) is 14.1 Å². The van der Waals surface area contributed by atoms with Gasteiger partial charge in [-0.1, -0.05) is 49.2 Å². The second kappa shape index (κ2) is 10.3. The number of nitrogens with zero attached hydrogens (tertiary/aromatic N) is 3. The van der Waals surface area contributed by atoms with Gasteiger partial charge in [0.1, 0.15) is 5.69 Å². The summed E-state index contributed by atoms with van der Waals surface area (Å²) in [7, 11) is 3.32. The molecule has 3 aromatic rings. The van der Waals surface area contributed by atoms with Crippen molar-refractivity contribution >= 4 is 11.6 Å². The molecule has 1 aliphatic rings. The van der Waals surface area contributed by atoms with Crippen LogP contribution in [0.4, 0.5) is 5.69 Å². The maximum atomic E-state index is 12.4. The number of carbonyl (C=O) groups excluding carboxylic acids is 1. The number of ether oxygens (including phenoxy) is 1. The van der Waals surface area contributed by atoms with Crippen LogP contribution in [0.25, 0.3) is 0 Å². The minimum absolute atomic E-state index is 0.0749. The van der Waals surface area contributed by atoms with Crippen LogP contribution >= 0.6 is 0 Å². The maximum absolute atomic E-state index is 12.4. The van der Waals surface area contributed by atoms with Crippen molar-refractivity contribution in [2.75, 3.05) is 14.1 Å². The maximum Gasteiger partial charge on any atom is 0.257 e. The van der Waals surface area contributed by atoms with Gasteiger partial charge in [-0.2, -0.15) is 0 Å². The number of hydrogen-bond acceptors (Lipinski definition) is 5. The molecule has 178 valence electrons. The van der Waals surface area contributed by atoms with Crippen LogP contribution in [0, 0.1) is 13.8 Å². The largest absolute Gasteiger partial charge is 0.505 e. The summed E-state index contributed by atoms with van der Waals surface area (Å²) in [5.74, 6) is -0.363. The van der Waals surface area contributed by atoms with Gasteiger partial charge in [-0.05, 0) is 55.5 Å². The Balaban J connectivity index is 1.65. The second-order valence-corrected chi connectivity index (χ2v) is 9.25. The number of phenols is 1. The standard InChI is InChI=1S/C28H33N3O3/c1-18-19(2)26(30-23-15-10-13-21(27(23)32)28(33)31(3)4)25(18)29-22-14-8-9-16-24(22)34-17-20-11-6-5-7-12-20/h5-7,10-13,15,22,24,32H,8-9,14,16-17H2,1-4H3/t22-,24-/m0/s1. The van der Waals surface area contributed by atoms with E-state index in [0.29, 0.717) is 12.3 Å². The summed E-state index contributed by atoms with van der Waals surface area (Å²) in [5.41, 5.74) is 3.96. The number of hydrogen-bond donors (Lipinski definition) is 1. The summed E-state index contributed by atoms with van der Waals surface area (Å²) in [6.07, 6.45) is 4.34. The topological polar surface area (TPSA) is 74.5 Å². The summed E-state index contributed by atoms with van der Waals surface area (Å²) in [6.45, 7) is 4.66. The molecule has 0 aromatic heterocycles. The summed E-state index contributed by atoms with van der Waals surface area (Å²) >= 11 is 0. The van der Waals surface area contributed by atoms with Crippen molar-refractivity contribution in [3.63, 3.8) is 0 Å². The molecular formula is C28H33N3O3. The van der Waals surface area contributed by atoms with Crippen molar-refractivity contribution in [1.29, 1.82) is 0 Å². The van der Waals surface area contributed by atoms with Crippen LogP contribution in [0.2, 0.25) is 0 Å². The zero-order valence-corrected chi connectivity index (χ0v) is 20.4. The molecule has 1 saturated carbocycles. The predicted molar refractivity (Wildman–Crippen MR) is 132 cm³/mol. The number of rotatable bonds is 6.